The first-order valence-corrected chi connectivity index (χ1v) is 7.44. The first-order valence-electron chi connectivity index (χ1n) is 7.07. The number of primary amides is 1. The van der Waals surface area contributed by atoms with Crippen LogP contribution in [-0.2, 0) is 4.79 Å². The molecule has 2 aromatic heterocycles. The molecule has 120 valence electrons. The Labute approximate surface area is 142 Å². The van der Waals surface area contributed by atoms with E-state index in [1.54, 1.807) is 40.9 Å². The molecule has 2 amide bonds. The Morgan fingerprint density at radius 1 is 1.17 bits per heavy atom. The monoisotopic (exact) mass is 340 g/mol. The molecule has 0 radical (unpaired) electrons. The molecule has 0 unspecified atom stereocenters. The number of nitrogens with zero attached hydrogens (tertiary/aromatic N) is 2. The predicted molar refractivity (Wildman–Crippen MR) is 92.8 cm³/mol. The molecule has 0 spiro atoms. The van der Waals surface area contributed by atoms with Gasteiger partial charge in [-0.05, 0) is 30.3 Å². The number of halogens is 1. The molecule has 7 heteroatoms. The number of imidazole rings is 1. The standard InChI is InChI=1S/C17H13ClN4O2/c18-16-13(22-10-4-3-7-14(22)21-16)8-9-15(23)20-12-6-2-1-5-11(12)17(19)24/h1-10H,(H2,19,24)(H,20,23). The van der Waals surface area contributed by atoms with Crippen LogP contribution in [0.25, 0.3) is 11.7 Å². The Bertz CT molecular complexity index is 962. The molecule has 6 nitrogen and oxygen atoms in total. The molecule has 0 aliphatic rings. The Morgan fingerprint density at radius 2 is 1.92 bits per heavy atom. The lowest BCUT2D eigenvalue weighted by Gasteiger charge is -2.06. The minimum atomic E-state index is -0.611. The highest BCUT2D eigenvalue weighted by atomic mass is 35.5. The third kappa shape index (κ3) is 3.13. The summed E-state index contributed by atoms with van der Waals surface area (Å²) in [6.07, 6.45) is 4.68. The summed E-state index contributed by atoms with van der Waals surface area (Å²) < 4.78 is 1.77. The summed E-state index contributed by atoms with van der Waals surface area (Å²) in [7, 11) is 0. The first kappa shape index (κ1) is 15.8. The van der Waals surface area contributed by atoms with Crippen LogP contribution in [0.5, 0.6) is 0 Å². The van der Waals surface area contributed by atoms with Crippen LogP contribution in [0, 0.1) is 0 Å². The van der Waals surface area contributed by atoms with Gasteiger partial charge in [-0.2, -0.15) is 0 Å². The highest BCUT2D eigenvalue weighted by Gasteiger charge is 2.10. The number of aromatic nitrogens is 2. The number of nitrogens with one attached hydrogen (secondary N) is 1. The van der Waals surface area contributed by atoms with Crippen molar-refractivity contribution in [1.82, 2.24) is 9.38 Å². The van der Waals surface area contributed by atoms with E-state index in [4.69, 9.17) is 17.3 Å². The number of amides is 2. The van der Waals surface area contributed by atoms with E-state index >= 15 is 0 Å². The van der Waals surface area contributed by atoms with Crippen molar-refractivity contribution in [2.45, 2.75) is 0 Å². The number of pyridine rings is 1. The van der Waals surface area contributed by atoms with Crippen LogP contribution >= 0.6 is 11.6 Å². The third-order valence-electron chi connectivity index (χ3n) is 3.36. The quantitative estimate of drug-likeness (QED) is 0.715. The van der Waals surface area contributed by atoms with Crippen LogP contribution < -0.4 is 11.1 Å². The van der Waals surface area contributed by atoms with Crippen LogP contribution in [0.15, 0.2) is 54.7 Å². The Balaban J connectivity index is 1.83. The van der Waals surface area contributed by atoms with Crippen molar-refractivity contribution in [3.63, 3.8) is 0 Å². The van der Waals surface area contributed by atoms with Crippen molar-refractivity contribution in [2.24, 2.45) is 5.73 Å². The highest BCUT2D eigenvalue weighted by molar-refractivity contribution is 6.31. The summed E-state index contributed by atoms with van der Waals surface area (Å²) in [4.78, 5) is 27.7. The Hall–Kier alpha value is -3.12. The van der Waals surface area contributed by atoms with Crippen LogP contribution in [0.4, 0.5) is 5.69 Å². The van der Waals surface area contributed by atoms with E-state index in [0.717, 1.165) is 0 Å². The number of hydrogen-bond acceptors (Lipinski definition) is 3. The fraction of sp³-hybridized carbons (Fsp3) is 0. The Morgan fingerprint density at radius 3 is 2.71 bits per heavy atom. The van der Waals surface area contributed by atoms with E-state index in [1.165, 1.54) is 6.08 Å². The molecule has 3 aromatic rings. The fourth-order valence-corrected chi connectivity index (χ4v) is 2.51. The molecular weight excluding hydrogens is 328 g/mol. The summed E-state index contributed by atoms with van der Waals surface area (Å²) in [6, 6.07) is 12.0. The Kier molecular flexibility index (Phi) is 4.31. The number of carbonyl (C=O) groups excluding carboxylic acids is 2. The number of para-hydroxylation sites is 1. The molecule has 3 N–H and O–H groups in total. The number of rotatable bonds is 4. The van der Waals surface area contributed by atoms with Crippen molar-refractivity contribution in [3.05, 3.63) is 71.1 Å². The van der Waals surface area contributed by atoms with Crippen LogP contribution in [-0.4, -0.2) is 21.2 Å². The number of benzene rings is 1. The number of nitrogens with two attached hydrogens (primary N) is 1. The SMILES string of the molecule is NC(=O)c1ccccc1NC(=O)C=Cc1c(Cl)nc2ccccn12. The highest BCUT2D eigenvalue weighted by Crippen LogP contribution is 2.19. The maximum atomic E-state index is 12.1. The summed E-state index contributed by atoms with van der Waals surface area (Å²) >= 11 is 6.10. The molecule has 0 fully saturated rings. The molecule has 0 aliphatic heterocycles. The molecule has 3 rings (SSSR count). The minimum Gasteiger partial charge on any atom is -0.366 e. The van der Waals surface area contributed by atoms with Crippen molar-refractivity contribution >= 4 is 40.8 Å². The molecular formula is C17H13ClN4O2. The van der Waals surface area contributed by atoms with Crippen molar-refractivity contribution in [3.8, 4) is 0 Å². The molecule has 24 heavy (non-hydrogen) atoms. The van der Waals surface area contributed by atoms with Gasteiger partial charge >= 0.3 is 0 Å². The topological polar surface area (TPSA) is 89.5 Å². The molecule has 0 saturated heterocycles. The van der Waals surface area contributed by atoms with Crippen molar-refractivity contribution in [1.29, 1.82) is 0 Å². The largest absolute Gasteiger partial charge is 0.366 e. The van der Waals surface area contributed by atoms with Gasteiger partial charge < -0.3 is 11.1 Å². The zero-order valence-electron chi connectivity index (χ0n) is 12.4. The number of fused-ring (bicyclic) bond motifs is 1. The van der Waals surface area contributed by atoms with Gasteiger partial charge in [0.2, 0.25) is 5.91 Å². The van der Waals surface area contributed by atoms with Gasteiger partial charge in [0.05, 0.1) is 16.9 Å². The number of hydrogen-bond donors (Lipinski definition) is 2. The maximum absolute atomic E-state index is 12.1. The second-order valence-electron chi connectivity index (χ2n) is 4.95. The van der Waals surface area contributed by atoms with E-state index in [2.05, 4.69) is 10.3 Å². The van der Waals surface area contributed by atoms with Crippen LogP contribution in [0.3, 0.4) is 0 Å². The van der Waals surface area contributed by atoms with Crippen molar-refractivity contribution < 1.29 is 9.59 Å². The number of carbonyl (C=O) groups is 2. The van der Waals surface area contributed by atoms with Gasteiger partial charge in [0.15, 0.2) is 5.15 Å². The van der Waals surface area contributed by atoms with Gasteiger partial charge in [0, 0.05) is 12.3 Å². The van der Waals surface area contributed by atoms with E-state index in [9.17, 15) is 9.59 Å². The van der Waals surface area contributed by atoms with Gasteiger partial charge in [-0.3, -0.25) is 14.0 Å². The maximum Gasteiger partial charge on any atom is 0.250 e. The molecule has 0 bridgehead atoms. The second kappa shape index (κ2) is 6.55. The van der Waals surface area contributed by atoms with E-state index in [0.29, 0.717) is 22.2 Å². The van der Waals surface area contributed by atoms with E-state index < -0.39 is 11.8 Å². The van der Waals surface area contributed by atoms with Crippen molar-refractivity contribution in [2.75, 3.05) is 5.32 Å². The summed E-state index contributed by atoms with van der Waals surface area (Å²) in [5.74, 6) is -1.02. The zero-order chi connectivity index (χ0) is 17.1. The smallest absolute Gasteiger partial charge is 0.250 e. The summed E-state index contributed by atoms with van der Waals surface area (Å²) in [6.45, 7) is 0. The van der Waals surface area contributed by atoms with Gasteiger partial charge in [0.1, 0.15) is 5.65 Å². The molecule has 2 heterocycles. The average Bonchev–Trinajstić information content (AvgIpc) is 2.88. The first-order chi connectivity index (χ1) is 11.6. The fourth-order valence-electron chi connectivity index (χ4n) is 2.27. The lowest BCUT2D eigenvalue weighted by Crippen LogP contribution is -2.16. The number of anilines is 1. The molecule has 1 aromatic carbocycles. The molecule has 0 aliphatic carbocycles. The minimum absolute atomic E-state index is 0.243. The summed E-state index contributed by atoms with van der Waals surface area (Å²) in [5, 5.41) is 2.92. The normalized spacial score (nSPS) is 11.0. The van der Waals surface area contributed by atoms with E-state index in [-0.39, 0.29) is 5.56 Å². The molecule has 0 saturated carbocycles. The predicted octanol–water partition coefficient (Wildman–Crippen LogP) is 2.74. The van der Waals surface area contributed by atoms with Crippen LogP contribution in [0.1, 0.15) is 16.1 Å². The van der Waals surface area contributed by atoms with Gasteiger partial charge in [0.25, 0.3) is 5.91 Å². The lowest BCUT2D eigenvalue weighted by molar-refractivity contribution is -0.111. The average molecular weight is 341 g/mol. The van der Waals surface area contributed by atoms with Gasteiger partial charge in [-0.1, -0.05) is 29.8 Å². The van der Waals surface area contributed by atoms with E-state index in [1.807, 2.05) is 18.2 Å². The zero-order valence-corrected chi connectivity index (χ0v) is 13.2. The molecule has 0 atom stereocenters. The third-order valence-corrected chi connectivity index (χ3v) is 3.64. The lowest BCUT2D eigenvalue weighted by atomic mass is 10.1. The van der Waals surface area contributed by atoms with Crippen LogP contribution in [0.2, 0.25) is 5.15 Å². The van der Waals surface area contributed by atoms with Gasteiger partial charge in [-0.25, -0.2) is 4.98 Å². The van der Waals surface area contributed by atoms with Gasteiger partial charge in [-0.15, -0.1) is 0 Å². The second-order valence-corrected chi connectivity index (χ2v) is 5.31. The summed E-state index contributed by atoms with van der Waals surface area (Å²) in [5.41, 5.74) is 7.15.